The van der Waals surface area contributed by atoms with Gasteiger partial charge in [0.05, 0.1) is 12.7 Å². The molecule has 0 aliphatic carbocycles. The van der Waals surface area contributed by atoms with Gasteiger partial charge in [-0.15, -0.1) is 0 Å². The lowest BCUT2D eigenvalue weighted by atomic mass is 10.1. The smallest absolute Gasteiger partial charge is 0.318 e. The van der Waals surface area contributed by atoms with E-state index in [1.165, 1.54) is 20.2 Å². The zero-order valence-electron chi connectivity index (χ0n) is 17.1. The standard InChI is InChI=1S/C22H20N4O5/c1-23-21(28)19-14(13-9-12(30-3)5-6-16(13)26-19)10-18-20(27)15-8-11(25-22(29)24-2)4-7-17(15)31-18/h4-10,26H,1-3H3,(H,23,28)(H2,24,25,29)/b18-10-. The van der Waals surface area contributed by atoms with Crippen molar-refractivity contribution in [2.75, 3.05) is 26.5 Å². The highest BCUT2D eigenvalue weighted by Gasteiger charge is 2.29. The SMILES string of the molecule is CNC(=O)Nc1ccc2c(c1)C(=O)/C(=C/c1c(C(=O)NC)[nH]c3ccc(OC)cc13)O2. The molecule has 0 saturated heterocycles. The van der Waals surface area contributed by atoms with E-state index in [0.717, 1.165) is 0 Å². The maximum Gasteiger partial charge on any atom is 0.318 e. The predicted octanol–water partition coefficient (Wildman–Crippen LogP) is 2.90. The van der Waals surface area contributed by atoms with Crippen LogP contribution < -0.4 is 25.4 Å². The summed E-state index contributed by atoms with van der Waals surface area (Å²) in [6, 6.07) is 9.75. The Hall–Kier alpha value is -4.27. The molecule has 9 nitrogen and oxygen atoms in total. The number of carbonyl (C=O) groups excluding carboxylic acids is 3. The number of aromatic amines is 1. The molecular formula is C22H20N4O5. The van der Waals surface area contributed by atoms with E-state index in [9.17, 15) is 14.4 Å². The maximum absolute atomic E-state index is 13.0. The Morgan fingerprint density at radius 2 is 1.90 bits per heavy atom. The van der Waals surface area contributed by atoms with Crippen molar-refractivity contribution in [2.24, 2.45) is 0 Å². The summed E-state index contributed by atoms with van der Waals surface area (Å²) in [5.41, 5.74) is 2.30. The summed E-state index contributed by atoms with van der Waals surface area (Å²) in [5, 5.41) is 8.37. The van der Waals surface area contributed by atoms with Gasteiger partial charge in [0, 0.05) is 36.2 Å². The van der Waals surface area contributed by atoms with Gasteiger partial charge >= 0.3 is 6.03 Å². The maximum atomic E-state index is 13.0. The second-order valence-corrected chi connectivity index (χ2v) is 6.76. The van der Waals surface area contributed by atoms with Gasteiger partial charge in [-0.1, -0.05) is 0 Å². The number of Topliss-reactive ketones (excluding diaryl/α,β-unsaturated/α-hetero) is 1. The fourth-order valence-corrected chi connectivity index (χ4v) is 3.36. The molecule has 0 atom stereocenters. The number of rotatable bonds is 4. The van der Waals surface area contributed by atoms with Crippen LogP contribution in [0.4, 0.5) is 10.5 Å². The number of H-pyrrole nitrogens is 1. The fourth-order valence-electron chi connectivity index (χ4n) is 3.36. The summed E-state index contributed by atoms with van der Waals surface area (Å²) in [7, 11) is 4.58. The lowest BCUT2D eigenvalue weighted by molar-refractivity contribution is 0.0957. The van der Waals surface area contributed by atoms with Gasteiger partial charge in [-0.05, 0) is 42.5 Å². The first kappa shape index (κ1) is 20.0. The Labute approximate surface area is 177 Å². The first-order valence-electron chi connectivity index (χ1n) is 9.44. The van der Waals surface area contributed by atoms with E-state index in [1.54, 1.807) is 43.5 Å². The average Bonchev–Trinajstić information content (AvgIpc) is 3.30. The van der Waals surface area contributed by atoms with Crippen molar-refractivity contribution in [3.63, 3.8) is 0 Å². The Bertz CT molecular complexity index is 1260. The molecule has 2 heterocycles. The third-order valence-electron chi connectivity index (χ3n) is 4.93. The van der Waals surface area contributed by atoms with Crippen molar-refractivity contribution < 1.29 is 23.9 Å². The van der Waals surface area contributed by atoms with Crippen LogP contribution in [0.5, 0.6) is 11.5 Å². The number of ether oxygens (including phenoxy) is 2. The van der Waals surface area contributed by atoms with Gasteiger partial charge in [0.15, 0.2) is 5.76 Å². The summed E-state index contributed by atoms with van der Waals surface area (Å²) in [4.78, 5) is 40.0. The zero-order chi connectivity index (χ0) is 22.1. The van der Waals surface area contributed by atoms with Crippen LogP contribution in [0.15, 0.2) is 42.2 Å². The van der Waals surface area contributed by atoms with Crippen LogP contribution in [0, 0.1) is 0 Å². The molecule has 1 aliphatic heterocycles. The molecule has 0 fully saturated rings. The predicted molar refractivity (Wildman–Crippen MR) is 116 cm³/mol. The van der Waals surface area contributed by atoms with E-state index >= 15 is 0 Å². The minimum atomic E-state index is -0.398. The van der Waals surface area contributed by atoms with E-state index in [0.29, 0.717) is 44.9 Å². The van der Waals surface area contributed by atoms with Crippen LogP contribution in [-0.2, 0) is 0 Å². The van der Waals surface area contributed by atoms with Crippen molar-refractivity contribution >= 4 is 40.4 Å². The fraction of sp³-hybridized carbons (Fsp3) is 0.136. The molecule has 0 saturated carbocycles. The molecule has 4 N–H and O–H groups in total. The highest BCUT2D eigenvalue weighted by Crippen LogP contribution is 2.36. The van der Waals surface area contributed by atoms with Gasteiger partial charge in [0.2, 0.25) is 5.78 Å². The number of urea groups is 1. The molecular weight excluding hydrogens is 400 g/mol. The topological polar surface area (TPSA) is 122 Å². The second kappa shape index (κ2) is 7.86. The highest BCUT2D eigenvalue weighted by molar-refractivity contribution is 6.17. The molecule has 0 spiro atoms. The Kier molecular flexibility index (Phi) is 5.08. The summed E-state index contributed by atoms with van der Waals surface area (Å²) in [6.45, 7) is 0. The van der Waals surface area contributed by atoms with Gasteiger partial charge < -0.3 is 30.4 Å². The number of carbonyl (C=O) groups is 3. The quantitative estimate of drug-likeness (QED) is 0.484. The molecule has 4 rings (SSSR count). The number of anilines is 1. The lowest BCUT2D eigenvalue weighted by Gasteiger charge is -2.04. The van der Waals surface area contributed by atoms with Gasteiger partial charge in [-0.3, -0.25) is 9.59 Å². The summed E-state index contributed by atoms with van der Waals surface area (Å²) < 4.78 is 11.1. The van der Waals surface area contributed by atoms with Gasteiger partial charge in [0.25, 0.3) is 5.91 Å². The van der Waals surface area contributed by atoms with Crippen LogP contribution in [0.3, 0.4) is 0 Å². The minimum absolute atomic E-state index is 0.0703. The van der Waals surface area contributed by atoms with Crippen LogP contribution in [-0.4, -0.2) is 43.9 Å². The number of allylic oxidation sites excluding steroid dienone is 1. The molecule has 0 bridgehead atoms. The molecule has 31 heavy (non-hydrogen) atoms. The highest BCUT2D eigenvalue weighted by atomic mass is 16.5. The van der Waals surface area contributed by atoms with Crippen LogP contribution >= 0.6 is 0 Å². The monoisotopic (exact) mass is 420 g/mol. The number of benzene rings is 2. The van der Waals surface area contributed by atoms with Crippen molar-refractivity contribution in [3.05, 3.63) is 59.0 Å². The number of ketones is 1. The number of aromatic nitrogens is 1. The van der Waals surface area contributed by atoms with E-state index < -0.39 is 6.03 Å². The van der Waals surface area contributed by atoms with Gasteiger partial charge in [-0.25, -0.2) is 4.79 Å². The first-order valence-corrected chi connectivity index (χ1v) is 9.44. The second-order valence-electron chi connectivity index (χ2n) is 6.76. The van der Waals surface area contributed by atoms with E-state index in [-0.39, 0.29) is 17.4 Å². The zero-order valence-corrected chi connectivity index (χ0v) is 17.1. The Balaban J connectivity index is 1.78. The number of hydrogen-bond acceptors (Lipinski definition) is 5. The number of hydrogen-bond donors (Lipinski definition) is 4. The average molecular weight is 420 g/mol. The number of fused-ring (bicyclic) bond motifs is 2. The third-order valence-corrected chi connectivity index (χ3v) is 4.93. The van der Waals surface area contributed by atoms with E-state index in [4.69, 9.17) is 9.47 Å². The van der Waals surface area contributed by atoms with E-state index in [1.807, 2.05) is 0 Å². The van der Waals surface area contributed by atoms with Crippen molar-refractivity contribution in [1.82, 2.24) is 15.6 Å². The number of methoxy groups -OCH3 is 1. The molecule has 0 unspecified atom stereocenters. The number of nitrogens with one attached hydrogen (secondary N) is 4. The molecule has 2 aromatic carbocycles. The van der Waals surface area contributed by atoms with Crippen molar-refractivity contribution in [2.45, 2.75) is 0 Å². The largest absolute Gasteiger partial charge is 0.497 e. The van der Waals surface area contributed by atoms with Crippen molar-refractivity contribution in [1.29, 1.82) is 0 Å². The summed E-state index contributed by atoms with van der Waals surface area (Å²) in [6.07, 6.45) is 1.54. The van der Waals surface area contributed by atoms with Gasteiger partial charge in [-0.2, -0.15) is 0 Å². The number of amides is 3. The van der Waals surface area contributed by atoms with Gasteiger partial charge in [0.1, 0.15) is 17.2 Å². The summed E-state index contributed by atoms with van der Waals surface area (Å²) in [5.74, 6) is 0.373. The Morgan fingerprint density at radius 1 is 1.10 bits per heavy atom. The molecule has 1 aliphatic rings. The van der Waals surface area contributed by atoms with Crippen molar-refractivity contribution in [3.8, 4) is 11.5 Å². The molecule has 9 heteroatoms. The molecule has 0 radical (unpaired) electrons. The Morgan fingerprint density at radius 3 is 2.61 bits per heavy atom. The molecule has 3 amide bonds. The lowest BCUT2D eigenvalue weighted by Crippen LogP contribution is -2.24. The third kappa shape index (κ3) is 3.57. The molecule has 1 aromatic heterocycles. The normalized spacial score (nSPS) is 13.6. The summed E-state index contributed by atoms with van der Waals surface area (Å²) >= 11 is 0. The van der Waals surface area contributed by atoms with Crippen LogP contribution in [0.1, 0.15) is 26.4 Å². The first-order chi connectivity index (χ1) is 14.9. The van der Waals surface area contributed by atoms with Crippen LogP contribution in [0.2, 0.25) is 0 Å². The van der Waals surface area contributed by atoms with Crippen LogP contribution in [0.25, 0.3) is 17.0 Å². The molecule has 3 aromatic rings. The van der Waals surface area contributed by atoms with E-state index in [2.05, 4.69) is 20.9 Å². The molecule has 158 valence electrons. The minimum Gasteiger partial charge on any atom is -0.497 e.